The molecule has 1 aliphatic carbocycles. The number of fused-ring (bicyclic) bond motifs is 1. The van der Waals surface area contributed by atoms with Crippen molar-refractivity contribution in [3.8, 4) is 11.1 Å². The third-order valence-electron chi connectivity index (χ3n) is 5.98. The van der Waals surface area contributed by atoms with Crippen LogP contribution in [0.5, 0.6) is 0 Å². The number of thiazole rings is 1. The lowest BCUT2D eigenvalue weighted by Gasteiger charge is -2.10. The van der Waals surface area contributed by atoms with Crippen molar-refractivity contribution in [3.63, 3.8) is 0 Å². The summed E-state index contributed by atoms with van der Waals surface area (Å²) in [7, 11) is 0. The molecule has 188 valence electrons. The molecule has 5 rings (SSSR count). The molecule has 1 fully saturated rings. The van der Waals surface area contributed by atoms with Gasteiger partial charge in [0, 0.05) is 11.5 Å². The molecule has 1 heterocycles. The van der Waals surface area contributed by atoms with E-state index in [9.17, 15) is 9.18 Å². The molecule has 0 saturated heterocycles. The number of nitrogens with zero attached hydrogens (tertiary/aromatic N) is 1. The number of carboxylic acid groups (broad SMARTS) is 1. The summed E-state index contributed by atoms with van der Waals surface area (Å²) in [6.45, 7) is 5.79. The number of hydrogen-bond acceptors (Lipinski definition) is 5. The molecule has 0 spiro atoms. The quantitative estimate of drug-likeness (QED) is 0.210. The second kappa shape index (κ2) is 12.9. The van der Waals surface area contributed by atoms with E-state index >= 15 is 0 Å². The SMILES string of the molecule is CC.Cc1ccc2nc(Nc3ccc(-c4ccc(C(=O)C5CCCC5)cc4)cc3F)sc2c1.O=CO. The van der Waals surface area contributed by atoms with Crippen molar-refractivity contribution >= 4 is 44.6 Å². The van der Waals surface area contributed by atoms with E-state index in [1.54, 1.807) is 6.07 Å². The molecule has 0 bridgehead atoms. The molecule has 5 nitrogen and oxygen atoms in total. The first-order valence-electron chi connectivity index (χ1n) is 12.1. The van der Waals surface area contributed by atoms with Gasteiger partial charge in [0.1, 0.15) is 5.82 Å². The molecule has 36 heavy (non-hydrogen) atoms. The van der Waals surface area contributed by atoms with Gasteiger partial charge in [-0.3, -0.25) is 9.59 Å². The van der Waals surface area contributed by atoms with E-state index < -0.39 is 0 Å². The predicted octanol–water partition coefficient (Wildman–Crippen LogP) is 8.25. The highest BCUT2D eigenvalue weighted by molar-refractivity contribution is 7.22. The topological polar surface area (TPSA) is 79.3 Å². The Hall–Kier alpha value is -3.58. The van der Waals surface area contributed by atoms with Crippen molar-refractivity contribution in [3.05, 3.63) is 77.6 Å². The first-order chi connectivity index (χ1) is 17.5. The van der Waals surface area contributed by atoms with Gasteiger partial charge in [-0.1, -0.05) is 74.4 Å². The van der Waals surface area contributed by atoms with Crippen molar-refractivity contribution in [2.45, 2.75) is 46.5 Å². The minimum absolute atomic E-state index is 0.167. The molecule has 0 unspecified atom stereocenters. The van der Waals surface area contributed by atoms with Crippen LogP contribution in [0.15, 0.2) is 60.7 Å². The molecular formula is C29H31FN2O3S. The number of Topliss-reactive ketones (excluding diaryl/α,β-unsaturated/α-hetero) is 1. The molecule has 0 radical (unpaired) electrons. The number of carbonyl (C=O) groups is 2. The van der Waals surface area contributed by atoms with Crippen LogP contribution in [0.2, 0.25) is 0 Å². The standard InChI is InChI=1S/C26H23FN2OS.C2H6.CH2O2/c1-16-6-12-23-24(14-16)31-26(29-23)28-22-13-11-20(15-21(22)27)17-7-9-19(10-8-17)25(30)18-4-2-3-5-18;1-2;2-1-3/h6-15,18H,2-5H2,1H3,(H,28,29);1-2H3;1H,(H,2,3). The van der Waals surface area contributed by atoms with Gasteiger partial charge in [-0.15, -0.1) is 0 Å². The van der Waals surface area contributed by atoms with Crippen LogP contribution < -0.4 is 5.32 Å². The maximum Gasteiger partial charge on any atom is 0.290 e. The smallest absolute Gasteiger partial charge is 0.290 e. The maximum atomic E-state index is 14.8. The van der Waals surface area contributed by atoms with Gasteiger partial charge < -0.3 is 10.4 Å². The van der Waals surface area contributed by atoms with Crippen LogP contribution in [0.25, 0.3) is 21.3 Å². The molecule has 1 aromatic heterocycles. The Kier molecular flexibility index (Phi) is 9.70. The second-order valence-electron chi connectivity index (χ2n) is 8.34. The Labute approximate surface area is 215 Å². The number of ketones is 1. The molecule has 7 heteroatoms. The number of benzene rings is 3. The van der Waals surface area contributed by atoms with Crippen molar-refractivity contribution < 1.29 is 19.1 Å². The number of halogens is 1. The third kappa shape index (κ3) is 6.55. The van der Waals surface area contributed by atoms with Crippen LogP contribution in [0.1, 0.15) is 55.5 Å². The molecule has 4 aromatic rings. The summed E-state index contributed by atoms with van der Waals surface area (Å²) in [5.74, 6) is 0.0694. The minimum Gasteiger partial charge on any atom is -0.483 e. The van der Waals surface area contributed by atoms with Gasteiger partial charge in [0.15, 0.2) is 10.9 Å². The average Bonchev–Trinajstić information content (AvgIpc) is 3.56. The summed E-state index contributed by atoms with van der Waals surface area (Å²) in [5.41, 5.74) is 4.90. The van der Waals surface area contributed by atoms with Gasteiger partial charge in [-0.25, -0.2) is 9.37 Å². The van der Waals surface area contributed by atoms with Crippen molar-refractivity contribution in [2.75, 3.05) is 5.32 Å². The molecule has 0 aliphatic heterocycles. The van der Waals surface area contributed by atoms with Crippen LogP contribution in [-0.4, -0.2) is 22.3 Å². The predicted molar refractivity (Wildman–Crippen MR) is 146 cm³/mol. The normalized spacial score (nSPS) is 12.8. The molecular weight excluding hydrogens is 475 g/mol. The van der Waals surface area contributed by atoms with Crippen molar-refractivity contribution in [1.82, 2.24) is 4.98 Å². The van der Waals surface area contributed by atoms with E-state index in [0.29, 0.717) is 10.8 Å². The fraction of sp³-hybridized carbons (Fsp3) is 0.276. The van der Waals surface area contributed by atoms with Crippen molar-refractivity contribution in [1.29, 1.82) is 0 Å². The Morgan fingerprint density at radius 2 is 1.67 bits per heavy atom. The Bertz CT molecular complexity index is 1310. The summed E-state index contributed by atoms with van der Waals surface area (Å²) in [6, 6.07) is 18.8. The van der Waals surface area contributed by atoms with E-state index in [1.807, 2.05) is 63.2 Å². The van der Waals surface area contributed by atoms with Crippen LogP contribution in [0.3, 0.4) is 0 Å². The third-order valence-corrected chi connectivity index (χ3v) is 6.92. The number of anilines is 2. The maximum absolute atomic E-state index is 14.8. The van der Waals surface area contributed by atoms with Gasteiger partial charge in [0.05, 0.1) is 15.9 Å². The van der Waals surface area contributed by atoms with E-state index in [1.165, 1.54) is 23.0 Å². The minimum atomic E-state index is -0.334. The first kappa shape index (κ1) is 27.0. The molecule has 0 amide bonds. The van der Waals surface area contributed by atoms with Gasteiger partial charge in [-0.2, -0.15) is 0 Å². The summed E-state index contributed by atoms with van der Waals surface area (Å²) in [4.78, 5) is 25.5. The van der Waals surface area contributed by atoms with Crippen LogP contribution >= 0.6 is 11.3 Å². The van der Waals surface area contributed by atoms with Gasteiger partial charge in [0.25, 0.3) is 6.47 Å². The van der Waals surface area contributed by atoms with Gasteiger partial charge in [0.2, 0.25) is 0 Å². The highest BCUT2D eigenvalue weighted by Crippen LogP contribution is 2.32. The summed E-state index contributed by atoms with van der Waals surface area (Å²) >= 11 is 1.51. The Balaban J connectivity index is 0.000000674. The van der Waals surface area contributed by atoms with Gasteiger partial charge in [-0.05, 0) is 60.7 Å². The van der Waals surface area contributed by atoms with Crippen LogP contribution in [-0.2, 0) is 4.79 Å². The van der Waals surface area contributed by atoms with Crippen LogP contribution in [0, 0.1) is 18.7 Å². The largest absolute Gasteiger partial charge is 0.483 e. The molecule has 1 saturated carbocycles. The number of hydrogen-bond donors (Lipinski definition) is 2. The first-order valence-corrected chi connectivity index (χ1v) is 13.0. The molecule has 0 atom stereocenters. The molecule has 2 N–H and O–H groups in total. The van der Waals surface area contributed by atoms with Crippen LogP contribution in [0.4, 0.5) is 15.2 Å². The van der Waals surface area contributed by atoms with E-state index in [2.05, 4.69) is 16.4 Å². The van der Waals surface area contributed by atoms with E-state index in [4.69, 9.17) is 9.90 Å². The Morgan fingerprint density at radius 3 is 2.31 bits per heavy atom. The molecule has 3 aromatic carbocycles. The summed E-state index contributed by atoms with van der Waals surface area (Å²) in [6.07, 6.45) is 4.28. The number of carbonyl (C=O) groups excluding carboxylic acids is 1. The lowest BCUT2D eigenvalue weighted by Crippen LogP contribution is -2.10. The summed E-state index contributed by atoms with van der Waals surface area (Å²) in [5, 5.41) is 10.7. The highest BCUT2D eigenvalue weighted by Gasteiger charge is 2.23. The van der Waals surface area contributed by atoms with E-state index in [-0.39, 0.29) is 24.0 Å². The fourth-order valence-corrected chi connectivity index (χ4v) is 5.22. The number of nitrogens with one attached hydrogen (secondary N) is 1. The fourth-order valence-electron chi connectivity index (χ4n) is 4.25. The highest BCUT2D eigenvalue weighted by atomic mass is 32.1. The number of aromatic nitrogens is 1. The lowest BCUT2D eigenvalue weighted by atomic mass is 9.94. The zero-order valence-electron chi connectivity index (χ0n) is 20.8. The lowest BCUT2D eigenvalue weighted by molar-refractivity contribution is -0.122. The average molecular weight is 507 g/mol. The van der Waals surface area contributed by atoms with E-state index in [0.717, 1.165) is 52.6 Å². The number of rotatable bonds is 5. The van der Waals surface area contributed by atoms with Crippen molar-refractivity contribution in [2.24, 2.45) is 5.92 Å². The number of aryl methyl sites for hydroxylation is 1. The Morgan fingerprint density at radius 1 is 1.03 bits per heavy atom. The molecule has 1 aliphatic rings. The summed E-state index contributed by atoms with van der Waals surface area (Å²) < 4.78 is 15.9. The van der Waals surface area contributed by atoms with Gasteiger partial charge >= 0.3 is 0 Å². The zero-order valence-corrected chi connectivity index (χ0v) is 21.6. The monoisotopic (exact) mass is 506 g/mol. The second-order valence-corrected chi connectivity index (χ2v) is 9.37. The zero-order chi connectivity index (χ0) is 26.1.